The standard InChI is InChI=1S/C14H12ClN3O3/c15-12-13(16)10(6-7-11(19)20)17-18(14(12)21)8-9-4-2-1-3-5-9/h1-7H,8,16H2,(H,19,20)/b7-6+. The number of hydrogen-bond donors (Lipinski definition) is 2. The molecule has 6 nitrogen and oxygen atoms in total. The van der Waals surface area contributed by atoms with E-state index in [2.05, 4.69) is 5.10 Å². The number of nitrogens with two attached hydrogens (primary N) is 1. The molecule has 1 aromatic heterocycles. The van der Waals surface area contributed by atoms with Crippen molar-refractivity contribution in [2.45, 2.75) is 6.54 Å². The van der Waals surface area contributed by atoms with E-state index in [1.54, 1.807) is 0 Å². The van der Waals surface area contributed by atoms with E-state index in [1.807, 2.05) is 30.3 Å². The summed E-state index contributed by atoms with van der Waals surface area (Å²) in [7, 11) is 0. The lowest BCUT2D eigenvalue weighted by atomic mass is 10.2. The number of carboxylic acid groups (broad SMARTS) is 1. The summed E-state index contributed by atoms with van der Waals surface area (Å²) in [6, 6.07) is 9.21. The van der Waals surface area contributed by atoms with Gasteiger partial charge >= 0.3 is 5.97 Å². The molecule has 2 aromatic rings. The number of aliphatic carboxylic acids is 1. The monoisotopic (exact) mass is 305 g/mol. The SMILES string of the molecule is Nc1c(/C=C/C(=O)O)nn(Cc2ccccc2)c(=O)c1Cl. The van der Waals surface area contributed by atoms with Gasteiger partial charge in [-0.2, -0.15) is 5.10 Å². The molecular weight excluding hydrogens is 294 g/mol. The molecule has 0 radical (unpaired) electrons. The second-order valence-electron chi connectivity index (χ2n) is 4.23. The first-order valence-corrected chi connectivity index (χ1v) is 6.38. The van der Waals surface area contributed by atoms with Gasteiger partial charge in [-0.15, -0.1) is 0 Å². The van der Waals surface area contributed by atoms with E-state index in [-0.39, 0.29) is 22.9 Å². The van der Waals surface area contributed by atoms with Crippen LogP contribution in [0.1, 0.15) is 11.3 Å². The number of anilines is 1. The van der Waals surface area contributed by atoms with Crippen molar-refractivity contribution in [3.63, 3.8) is 0 Å². The van der Waals surface area contributed by atoms with Crippen molar-refractivity contribution < 1.29 is 9.90 Å². The van der Waals surface area contributed by atoms with Crippen molar-refractivity contribution in [3.05, 3.63) is 63.0 Å². The number of nitrogens with zero attached hydrogens (tertiary/aromatic N) is 2. The first-order valence-electron chi connectivity index (χ1n) is 6.00. The minimum Gasteiger partial charge on any atom is -0.478 e. The first kappa shape index (κ1) is 14.8. The fourth-order valence-corrected chi connectivity index (χ4v) is 1.90. The molecule has 2 rings (SSSR count). The van der Waals surface area contributed by atoms with Crippen LogP contribution >= 0.6 is 11.6 Å². The largest absolute Gasteiger partial charge is 0.478 e. The van der Waals surface area contributed by atoms with Crippen molar-refractivity contribution >= 4 is 29.3 Å². The molecule has 0 spiro atoms. The molecule has 0 aliphatic rings. The zero-order valence-corrected chi connectivity index (χ0v) is 11.6. The molecule has 0 aliphatic heterocycles. The van der Waals surface area contributed by atoms with Crippen LogP contribution < -0.4 is 11.3 Å². The predicted octanol–water partition coefficient (Wildman–Crippen LogP) is 1.62. The average molecular weight is 306 g/mol. The van der Waals surface area contributed by atoms with E-state index >= 15 is 0 Å². The summed E-state index contributed by atoms with van der Waals surface area (Å²) in [5.74, 6) is -1.15. The van der Waals surface area contributed by atoms with E-state index in [0.29, 0.717) is 0 Å². The lowest BCUT2D eigenvalue weighted by molar-refractivity contribution is -0.131. The number of nitrogen functional groups attached to an aromatic ring is 1. The Balaban J connectivity index is 2.46. The first-order chi connectivity index (χ1) is 9.99. The predicted molar refractivity (Wildman–Crippen MR) is 80.1 cm³/mol. The van der Waals surface area contributed by atoms with Gasteiger partial charge in [0, 0.05) is 6.08 Å². The van der Waals surface area contributed by atoms with Gasteiger partial charge in [0.05, 0.1) is 12.2 Å². The van der Waals surface area contributed by atoms with Gasteiger partial charge in [0.15, 0.2) is 0 Å². The van der Waals surface area contributed by atoms with E-state index in [9.17, 15) is 9.59 Å². The molecule has 1 heterocycles. The molecule has 0 atom stereocenters. The Hall–Kier alpha value is -2.60. The van der Waals surface area contributed by atoms with Crippen molar-refractivity contribution in [1.82, 2.24) is 9.78 Å². The minimum absolute atomic E-state index is 0.0384. The van der Waals surface area contributed by atoms with Gasteiger partial charge in [-0.3, -0.25) is 4.79 Å². The zero-order valence-electron chi connectivity index (χ0n) is 10.9. The maximum absolute atomic E-state index is 12.0. The van der Waals surface area contributed by atoms with Crippen molar-refractivity contribution in [2.24, 2.45) is 0 Å². The lowest BCUT2D eigenvalue weighted by Gasteiger charge is -2.09. The van der Waals surface area contributed by atoms with Crippen LogP contribution in [0.2, 0.25) is 5.02 Å². The molecule has 0 fully saturated rings. The van der Waals surface area contributed by atoms with Crippen LogP contribution in [-0.2, 0) is 11.3 Å². The van der Waals surface area contributed by atoms with Crippen molar-refractivity contribution in [2.75, 3.05) is 5.73 Å². The highest BCUT2D eigenvalue weighted by Gasteiger charge is 2.12. The number of benzene rings is 1. The normalized spacial score (nSPS) is 10.9. The van der Waals surface area contributed by atoms with Crippen LogP contribution in [0, 0.1) is 0 Å². The van der Waals surface area contributed by atoms with E-state index in [0.717, 1.165) is 16.3 Å². The molecule has 0 unspecified atom stereocenters. The van der Waals surface area contributed by atoms with Crippen LogP contribution in [-0.4, -0.2) is 20.9 Å². The number of carbonyl (C=O) groups is 1. The highest BCUT2D eigenvalue weighted by atomic mass is 35.5. The lowest BCUT2D eigenvalue weighted by Crippen LogP contribution is -2.26. The van der Waals surface area contributed by atoms with E-state index < -0.39 is 11.5 Å². The number of aromatic nitrogens is 2. The molecule has 108 valence electrons. The Morgan fingerprint density at radius 3 is 2.67 bits per heavy atom. The van der Waals surface area contributed by atoms with Gasteiger partial charge in [-0.1, -0.05) is 41.9 Å². The summed E-state index contributed by atoms with van der Waals surface area (Å²) in [4.78, 5) is 22.6. The average Bonchev–Trinajstić information content (AvgIpc) is 2.47. The third-order valence-electron chi connectivity index (χ3n) is 2.72. The Morgan fingerprint density at radius 1 is 1.38 bits per heavy atom. The maximum Gasteiger partial charge on any atom is 0.328 e. The number of carboxylic acids is 1. The minimum atomic E-state index is -1.15. The molecule has 7 heteroatoms. The van der Waals surface area contributed by atoms with Gasteiger partial charge in [-0.05, 0) is 11.6 Å². The molecule has 0 saturated heterocycles. The van der Waals surface area contributed by atoms with Crippen LogP contribution in [0.15, 0.2) is 41.2 Å². The second kappa shape index (κ2) is 6.23. The summed E-state index contributed by atoms with van der Waals surface area (Å²) in [6.45, 7) is 0.216. The Kier molecular flexibility index (Phi) is 4.39. The molecule has 0 aliphatic carbocycles. The van der Waals surface area contributed by atoms with Crippen LogP contribution in [0.5, 0.6) is 0 Å². The molecule has 0 saturated carbocycles. The number of halogens is 1. The highest BCUT2D eigenvalue weighted by molar-refractivity contribution is 6.33. The smallest absolute Gasteiger partial charge is 0.328 e. The van der Waals surface area contributed by atoms with Crippen molar-refractivity contribution in [3.8, 4) is 0 Å². The van der Waals surface area contributed by atoms with E-state index in [1.165, 1.54) is 6.08 Å². The molecule has 3 N–H and O–H groups in total. The van der Waals surface area contributed by atoms with Gasteiger partial charge < -0.3 is 10.8 Å². The third-order valence-corrected chi connectivity index (χ3v) is 3.09. The molecular formula is C14H12ClN3O3. The topological polar surface area (TPSA) is 98.2 Å². The molecule has 1 aromatic carbocycles. The number of rotatable bonds is 4. The van der Waals surface area contributed by atoms with Crippen LogP contribution in [0.4, 0.5) is 5.69 Å². The van der Waals surface area contributed by atoms with Crippen LogP contribution in [0.3, 0.4) is 0 Å². The summed E-state index contributed by atoms with van der Waals surface area (Å²) < 4.78 is 1.15. The summed E-state index contributed by atoms with van der Waals surface area (Å²) >= 11 is 5.89. The summed E-state index contributed by atoms with van der Waals surface area (Å²) in [5.41, 5.74) is 6.12. The number of hydrogen-bond acceptors (Lipinski definition) is 4. The fourth-order valence-electron chi connectivity index (χ4n) is 1.71. The molecule has 0 amide bonds. The van der Waals surface area contributed by atoms with Gasteiger partial charge in [-0.25, -0.2) is 9.48 Å². The second-order valence-corrected chi connectivity index (χ2v) is 4.61. The molecule has 0 bridgehead atoms. The zero-order chi connectivity index (χ0) is 15.4. The third kappa shape index (κ3) is 3.49. The highest BCUT2D eigenvalue weighted by Crippen LogP contribution is 2.18. The Morgan fingerprint density at radius 2 is 2.05 bits per heavy atom. The fraction of sp³-hybridized carbons (Fsp3) is 0.0714. The Bertz CT molecular complexity index is 754. The molecule has 21 heavy (non-hydrogen) atoms. The Labute approximate surface area is 125 Å². The van der Waals surface area contributed by atoms with Gasteiger partial charge in [0.1, 0.15) is 10.7 Å². The van der Waals surface area contributed by atoms with Gasteiger partial charge in [0.25, 0.3) is 5.56 Å². The quantitative estimate of drug-likeness (QED) is 0.836. The maximum atomic E-state index is 12.0. The van der Waals surface area contributed by atoms with Crippen LogP contribution in [0.25, 0.3) is 6.08 Å². The summed E-state index contributed by atoms with van der Waals surface area (Å²) in [5, 5.41) is 12.5. The van der Waals surface area contributed by atoms with Gasteiger partial charge in [0.2, 0.25) is 0 Å². The van der Waals surface area contributed by atoms with E-state index in [4.69, 9.17) is 22.4 Å². The summed E-state index contributed by atoms with van der Waals surface area (Å²) in [6.07, 6.45) is 2.08. The van der Waals surface area contributed by atoms with Crippen molar-refractivity contribution in [1.29, 1.82) is 0 Å².